The van der Waals surface area contributed by atoms with Gasteiger partial charge in [0.2, 0.25) is 0 Å². The van der Waals surface area contributed by atoms with Crippen LogP contribution in [0.3, 0.4) is 0 Å². The van der Waals surface area contributed by atoms with E-state index in [0.717, 1.165) is 32.6 Å². The SMILES string of the molecule is CN1C[C@@H](N)C[C@@H](N2Cc3cn[nH]c3C2)C1. The summed E-state index contributed by atoms with van der Waals surface area (Å²) in [6, 6.07) is 0.912. The first-order valence-corrected chi connectivity index (χ1v) is 5.91. The minimum Gasteiger partial charge on any atom is -0.326 e. The van der Waals surface area contributed by atoms with E-state index in [0.29, 0.717) is 12.1 Å². The summed E-state index contributed by atoms with van der Waals surface area (Å²) < 4.78 is 0. The quantitative estimate of drug-likeness (QED) is 0.687. The minimum absolute atomic E-state index is 0.320. The fourth-order valence-corrected chi connectivity index (χ4v) is 2.94. The summed E-state index contributed by atoms with van der Waals surface area (Å²) in [4.78, 5) is 4.85. The molecular formula is C11H19N5. The number of nitrogens with one attached hydrogen (secondary N) is 1. The van der Waals surface area contributed by atoms with Crippen molar-refractivity contribution in [1.29, 1.82) is 0 Å². The summed E-state index contributed by atoms with van der Waals surface area (Å²) in [5.74, 6) is 0. The van der Waals surface area contributed by atoms with Gasteiger partial charge in [-0.15, -0.1) is 0 Å². The van der Waals surface area contributed by atoms with E-state index >= 15 is 0 Å². The molecular weight excluding hydrogens is 202 g/mol. The van der Waals surface area contributed by atoms with Gasteiger partial charge in [0, 0.05) is 43.8 Å². The molecule has 2 aliphatic heterocycles. The predicted molar refractivity (Wildman–Crippen MR) is 61.7 cm³/mol. The molecule has 0 bridgehead atoms. The van der Waals surface area contributed by atoms with E-state index in [1.807, 2.05) is 6.20 Å². The maximum Gasteiger partial charge on any atom is 0.0537 e. The van der Waals surface area contributed by atoms with Gasteiger partial charge in [0.05, 0.1) is 11.9 Å². The molecule has 3 rings (SSSR count). The van der Waals surface area contributed by atoms with E-state index in [2.05, 4.69) is 27.0 Å². The number of nitrogens with two attached hydrogens (primary N) is 1. The lowest BCUT2D eigenvalue weighted by molar-refractivity contribution is 0.0987. The topological polar surface area (TPSA) is 61.2 Å². The molecule has 5 nitrogen and oxygen atoms in total. The molecule has 5 heteroatoms. The Kier molecular flexibility index (Phi) is 2.46. The van der Waals surface area contributed by atoms with Gasteiger partial charge >= 0.3 is 0 Å². The Hall–Kier alpha value is -0.910. The molecule has 3 heterocycles. The molecule has 1 aromatic rings. The molecule has 2 aliphatic rings. The smallest absolute Gasteiger partial charge is 0.0537 e. The number of nitrogens with zero attached hydrogens (tertiary/aromatic N) is 3. The van der Waals surface area contributed by atoms with Crippen molar-refractivity contribution in [3.05, 3.63) is 17.5 Å². The Morgan fingerprint density at radius 1 is 1.44 bits per heavy atom. The third-order valence-corrected chi connectivity index (χ3v) is 3.70. The van der Waals surface area contributed by atoms with Crippen LogP contribution in [0.4, 0.5) is 0 Å². The number of aromatic amines is 1. The van der Waals surface area contributed by atoms with Crippen molar-refractivity contribution >= 4 is 0 Å². The second kappa shape index (κ2) is 3.84. The van der Waals surface area contributed by atoms with Crippen molar-refractivity contribution in [3.63, 3.8) is 0 Å². The van der Waals surface area contributed by atoms with Gasteiger partial charge in [-0.25, -0.2) is 0 Å². The third kappa shape index (κ3) is 1.75. The summed E-state index contributed by atoms with van der Waals surface area (Å²) in [6.45, 7) is 4.18. The van der Waals surface area contributed by atoms with Gasteiger partial charge in [-0.2, -0.15) is 5.10 Å². The number of likely N-dealkylation sites (N-methyl/N-ethyl adjacent to an activating group) is 1. The fraction of sp³-hybridized carbons (Fsp3) is 0.727. The highest BCUT2D eigenvalue weighted by atomic mass is 15.3. The number of piperidine rings is 1. The van der Waals surface area contributed by atoms with Gasteiger partial charge in [-0.1, -0.05) is 0 Å². The Bertz CT molecular complexity index is 344. The van der Waals surface area contributed by atoms with Crippen molar-refractivity contribution in [3.8, 4) is 0 Å². The van der Waals surface area contributed by atoms with Crippen molar-refractivity contribution in [1.82, 2.24) is 20.0 Å². The summed E-state index contributed by atoms with van der Waals surface area (Å²) in [7, 11) is 2.16. The Labute approximate surface area is 95.6 Å². The zero-order valence-corrected chi connectivity index (χ0v) is 9.69. The molecule has 16 heavy (non-hydrogen) atoms. The van der Waals surface area contributed by atoms with Crippen LogP contribution in [0.5, 0.6) is 0 Å². The molecule has 3 N–H and O–H groups in total. The normalized spacial score (nSPS) is 31.9. The highest BCUT2D eigenvalue weighted by Gasteiger charge is 2.31. The van der Waals surface area contributed by atoms with Crippen LogP contribution in [0, 0.1) is 0 Å². The molecule has 0 aliphatic carbocycles. The molecule has 2 atom stereocenters. The molecule has 1 aromatic heterocycles. The highest BCUT2D eigenvalue weighted by Crippen LogP contribution is 2.25. The number of hydrogen-bond acceptors (Lipinski definition) is 4. The van der Waals surface area contributed by atoms with Crippen LogP contribution < -0.4 is 5.73 Å². The molecule has 0 saturated carbocycles. The van der Waals surface area contributed by atoms with Crippen molar-refractivity contribution < 1.29 is 0 Å². The zero-order valence-electron chi connectivity index (χ0n) is 9.69. The molecule has 0 spiro atoms. The van der Waals surface area contributed by atoms with Crippen LogP contribution in [0.15, 0.2) is 6.20 Å². The molecule has 88 valence electrons. The number of hydrogen-bond donors (Lipinski definition) is 2. The first kappa shape index (κ1) is 10.3. The number of likely N-dealkylation sites (tertiary alicyclic amines) is 1. The van der Waals surface area contributed by atoms with Crippen LogP contribution in [0.1, 0.15) is 17.7 Å². The Morgan fingerprint density at radius 3 is 3.06 bits per heavy atom. The largest absolute Gasteiger partial charge is 0.326 e. The zero-order chi connectivity index (χ0) is 11.1. The molecule has 0 unspecified atom stereocenters. The number of H-pyrrole nitrogens is 1. The van der Waals surface area contributed by atoms with Crippen LogP contribution in [0.2, 0.25) is 0 Å². The fourth-order valence-electron chi connectivity index (χ4n) is 2.94. The van der Waals surface area contributed by atoms with Gasteiger partial charge in [-0.3, -0.25) is 10.00 Å². The summed E-state index contributed by atoms with van der Waals surface area (Å²) in [5, 5.41) is 7.14. The van der Waals surface area contributed by atoms with E-state index in [1.54, 1.807) is 0 Å². The number of aromatic nitrogens is 2. The van der Waals surface area contributed by atoms with Gasteiger partial charge in [-0.05, 0) is 13.5 Å². The van der Waals surface area contributed by atoms with Crippen LogP contribution in [-0.2, 0) is 13.1 Å². The molecule has 0 radical (unpaired) electrons. The van der Waals surface area contributed by atoms with Gasteiger partial charge in [0.1, 0.15) is 0 Å². The second-order valence-corrected chi connectivity index (χ2v) is 5.15. The van der Waals surface area contributed by atoms with Crippen LogP contribution in [-0.4, -0.2) is 52.2 Å². The molecule has 0 amide bonds. The van der Waals surface area contributed by atoms with Crippen LogP contribution >= 0.6 is 0 Å². The lowest BCUT2D eigenvalue weighted by Crippen LogP contribution is -2.52. The predicted octanol–water partition coefficient (Wildman–Crippen LogP) is -0.243. The summed E-state index contributed by atoms with van der Waals surface area (Å²) >= 11 is 0. The Morgan fingerprint density at radius 2 is 2.31 bits per heavy atom. The number of rotatable bonds is 1. The highest BCUT2D eigenvalue weighted by molar-refractivity contribution is 5.21. The molecule has 1 fully saturated rings. The van der Waals surface area contributed by atoms with E-state index in [9.17, 15) is 0 Å². The van der Waals surface area contributed by atoms with E-state index < -0.39 is 0 Å². The van der Waals surface area contributed by atoms with Crippen molar-refractivity contribution in [2.75, 3.05) is 20.1 Å². The standard InChI is InChI=1S/C11H19N5/c1-15-5-9(12)2-10(6-15)16-4-8-3-13-14-11(8)7-16/h3,9-10H,2,4-7,12H2,1H3,(H,13,14)/t9-,10+/m0/s1. The lowest BCUT2D eigenvalue weighted by atomic mass is 10.0. The molecule has 0 aromatic carbocycles. The van der Waals surface area contributed by atoms with Crippen molar-refractivity contribution in [2.24, 2.45) is 5.73 Å². The lowest BCUT2D eigenvalue weighted by Gasteiger charge is -2.38. The van der Waals surface area contributed by atoms with E-state index in [1.165, 1.54) is 11.3 Å². The van der Waals surface area contributed by atoms with Gasteiger partial charge < -0.3 is 10.6 Å². The van der Waals surface area contributed by atoms with E-state index in [-0.39, 0.29) is 0 Å². The first-order valence-electron chi connectivity index (χ1n) is 5.91. The monoisotopic (exact) mass is 221 g/mol. The first-order chi connectivity index (χ1) is 7.72. The average molecular weight is 221 g/mol. The third-order valence-electron chi connectivity index (χ3n) is 3.70. The summed E-state index contributed by atoms with van der Waals surface area (Å²) in [5.41, 5.74) is 8.70. The van der Waals surface area contributed by atoms with Crippen molar-refractivity contribution in [2.45, 2.75) is 31.6 Å². The maximum absolute atomic E-state index is 6.08. The minimum atomic E-state index is 0.320. The van der Waals surface area contributed by atoms with Gasteiger partial charge in [0.15, 0.2) is 0 Å². The summed E-state index contributed by atoms with van der Waals surface area (Å²) in [6.07, 6.45) is 3.06. The van der Waals surface area contributed by atoms with E-state index in [4.69, 9.17) is 5.73 Å². The Balaban J connectivity index is 1.69. The maximum atomic E-state index is 6.08. The molecule has 1 saturated heterocycles. The van der Waals surface area contributed by atoms with Crippen LogP contribution in [0.25, 0.3) is 0 Å². The number of fused-ring (bicyclic) bond motifs is 1. The second-order valence-electron chi connectivity index (χ2n) is 5.15. The van der Waals surface area contributed by atoms with Gasteiger partial charge in [0.25, 0.3) is 0 Å². The average Bonchev–Trinajstić information content (AvgIpc) is 2.74.